The van der Waals surface area contributed by atoms with E-state index in [1.807, 2.05) is 0 Å². The fourth-order valence-corrected chi connectivity index (χ4v) is 2.55. The van der Waals surface area contributed by atoms with Gasteiger partial charge in [-0.3, -0.25) is 5.10 Å². The number of halogens is 4. The molecule has 3 heterocycles. The standard InChI is InChI=1S/C13H6ClF3N6/c14-8-2-7(13(15,16)17)5-18-12(8)23-11-3-10-9(20-22-21-10)1-6(11)4-19-23/h1-5,19H. The topological polar surface area (TPSA) is 72.3 Å². The lowest BCUT2D eigenvalue weighted by Crippen LogP contribution is -2.08. The van der Waals surface area contributed by atoms with Crippen LogP contribution in [0.5, 0.6) is 0 Å². The Hall–Kier alpha value is -2.68. The van der Waals surface area contributed by atoms with Gasteiger partial charge in [0.05, 0.1) is 16.1 Å². The molecule has 0 radical (unpaired) electrons. The molecule has 0 amide bonds. The van der Waals surface area contributed by atoms with Crippen LogP contribution < -0.4 is 0 Å². The molecule has 0 bridgehead atoms. The zero-order valence-corrected chi connectivity index (χ0v) is 11.9. The normalized spacial score (nSPS) is 12.3. The summed E-state index contributed by atoms with van der Waals surface area (Å²) in [4.78, 5) is 3.83. The number of hydrogen-bond donors (Lipinski definition) is 1. The molecule has 0 aliphatic carbocycles. The molecule has 0 atom stereocenters. The Balaban J connectivity index is 1.91. The minimum Gasteiger partial charge on any atom is -0.299 e. The van der Waals surface area contributed by atoms with Gasteiger partial charge in [0, 0.05) is 17.8 Å². The van der Waals surface area contributed by atoms with Crippen molar-refractivity contribution in [2.24, 2.45) is 0 Å². The summed E-state index contributed by atoms with van der Waals surface area (Å²) in [5.74, 6) is 0.154. The number of aromatic amines is 1. The first-order chi connectivity index (χ1) is 10.9. The van der Waals surface area contributed by atoms with Crippen LogP contribution in [0.25, 0.3) is 27.8 Å². The number of alkyl halides is 3. The third-order valence-corrected chi connectivity index (χ3v) is 3.66. The van der Waals surface area contributed by atoms with Gasteiger partial charge in [-0.2, -0.15) is 13.2 Å². The highest BCUT2D eigenvalue weighted by Crippen LogP contribution is 2.32. The third kappa shape index (κ3) is 2.20. The number of nitrogens with zero attached hydrogens (tertiary/aromatic N) is 5. The van der Waals surface area contributed by atoms with E-state index in [0.717, 1.165) is 17.6 Å². The van der Waals surface area contributed by atoms with Crippen molar-refractivity contribution in [2.45, 2.75) is 6.18 Å². The first kappa shape index (κ1) is 13.9. The second kappa shape index (κ2) is 4.66. The van der Waals surface area contributed by atoms with Gasteiger partial charge in [0.1, 0.15) is 11.0 Å². The minimum absolute atomic E-state index is 0.125. The summed E-state index contributed by atoms with van der Waals surface area (Å²) >= 11 is 5.98. The summed E-state index contributed by atoms with van der Waals surface area (Å²) in [5, 5.41) is 14.9. The largest absolute Gasteiger partial charge is 0.417 e. The Morgan fingerprint density at radius 1 is 1.09 bits per heavy atom. The van der Waals surface area contributed by atoms with E-state index >= 15 is 0 Å². The van der Waals surface area contributed by atoms with Gasteiger partial charge >= 0.3 is 6.18 Å². The predicted octanol–water partition coefficient (Wildman–Crippen LogP) is 3.36. The van der Waals surface area contributed by atoms with Gasteiger partial charge in [-0.05, 0) is 23.4 Å². The molecule has 4 rings (SSSR count). The fraction of sp³-hybridized carbons (Fsp3) is 0.0769. The molecule has 0 unspecified atom stereocenters. The van der Waals surface area contributed by atoms with Gasteiger partial charge in [-0.1, -0.05) is 11.6 Å². The van der Waals surface area contributed by atoms with Gasteiger partial charge < -0.3 is 0 Å². The lowest BCUT2D eigenvalue weighted by molar-refractivity contribution is -0.137. The lowest BCUT2D eigenvalue weighted by Gasteiger charge is -2.10. The van der Waals surface area contributed by atoms with Gasteiger partial charge in [-0.15, -0.1) is 10.2 Å². The maximum Gasteiger partial charge on any atom is 0.417 e. The van der Waals surface area contributed by atoms with E-state index in [-0.39, 0.29) is 10.8 Å². The fourth-order valence-electron chi connectivity index (χ4n) is 2.30. The SMILES string of the molecule is FC(F)(F)c1cnc(-n2[nH]cc3cc4nnnc4cc32)c(Cl)c1. The molecule has 10 heteroatoms. The Morgan fingerprint density at radius 2 is 1.83 bits per heavy atom. The second-order valence-corrected chi connectivity index (χ2v) is 5.23. The van der Waals surface area contributed by atoms with E-state index in [0.29, 0.717) is 16.6 Å². The summed E-state index contributed by atoms with van der Waals surface area (Å²) in [6.07, 6.45) is -2.09. The Labute approximate surface area is 130 Å². The number of pyridine rings is 1. The highest BCUT2D eigenvalue weighted by molar-refractivity contribution is 6.32. The van der Waals surface area contributed by atoms with Crippen LogP contribution in [-0.4, -0.2) is 30.2 Å². The quantitative estimate of drug-likeness (QED) is 0.577. The van der Waals surface area contributed by atoms with Crippen LogP contribution in [0.3, 0.4) is 0 Å². The van der Waals surface area contributed by atoms with Gasteiger partial charge in [0.2, 0.25) is 0 Å². The molecule has 0 aliphatic heterocycles. The molecule has 0 saturated heterocycles. The average molecular weight is 339 g/mol. The van der Waals surface area contributed by atoms with Crippen LogP contribution in [0, 0.1) is 0 Å². The zero-order valence-electron chi connectivity index (χ0n) is 11.1. The first-order valence-corrected chi connectivity index (χ1v) is 6.73. The minimum atomic E-state index is -4.50. The number of aromatic nitrogens is 6. The van der Waals surface area contributed by atoms with E-state index in [2.05, 4.69) is 25.5 Å². The molecular weight excluding hydrogens is 333 g/mol. The highest BCUT2D eigenvalue weighted by atomic mass is 35.5. The van der Waals surface area contributed by atoms with Crippen LogP contribution >= 0.6 is 11.6 Å². The number of fused-ring (bicyclic) bond motifs is 2. The summed E-state index contributed by atoms with van der Waals surface area (Å²) in [6, 6.07) is 4.30. The predicted molar refractivity (Wildman–Crippen MR) is 76.3 cm³/mol. The molecule has 4 aromatic rings. The summed E-state index contributed by atoms with van der Waals surface area (Å²) in [5.41, 5.74) is 0.925. The molecule has 23 heavy (non-hydrogen) atoms. The van der Waals surface area contributed by atoms with E-state index in [1.165, 1.54) is 4.68 Å². The molecule has 0 fully saturated rings. The van der Waals surface area contributed by atoms with Crippen molar-refractivity contribution in [1.82, 2.24) is 30.2 Å². The van der Waals surface area contributed by atoms with E-state index in [4.69, 9.17) is 11.6 Å². The van der Waals surface area contributed by atoms with Crippen LogP contribution in [0.15, 0.2) is 30.6 Å². The molecule has 0 saturated carbocycles. The Morgan fingerprint density at radius 3 is 2.52 bits per heavy atom. The molecule has 0 aliphatic rings. The third-order valence-electron chi connectivity index (χ3n) is 3.38. The van der Waals surface area contributed by atoms with Crippen molar-refractivity contribution in [3.05, 3.63) is 41.2 Å². The highest BCUT2D eigenvalue weighted by Gasteiger charge is 2.31. The molecule has 3 aromatic heterocycles. The average Bonchev–Trinajstić information content (AvgIpc) is 3.09. The number of H-pyrrole nitrogens is 1. The van der Waals surface area contributed by atoms with E-state index in [1.54, 1.807) is 18.3 Å². The lowest BCUT2D eigenvalue weighted by atomic mass is 10.2. The van der Waals surface area contributed by atoms with E-state index in [9.17, 15) is 13.2 Å². The van der Waals surface area contributed by atoms with Crippen molar-refractivity contribution in [3.8, 4) is 5.82 Å². The molecule has 6 nitrogen and oxygen atoms in total. The van der Waals surface area contributed by atoms with Crippen LogP contribution in [0.2, 0.25) is 5.02 Å². The van der Waals surface area contributed by atoms with Crippen molar-refractivity contribution >= 4 is 33.5 Å². The first-order valence-electron chi connectivity index (χ1n) is 6.35. The van der Waals surface area contributed by atoms with Crippen LogP contribution in [0.1, 0.15) is 5.56 Å². The van der Waals surface area contributed by atoms with Gasteiger partial charge in [0.25, 0.3) is 0 Å². The number of nitrogens with one attached hydrogen (secondary N) is 1. The molecule has 1 N–H and O–H groups in total. The maximum atomic E-state index is 12.7. The number of benzene rings is 1. The monoisotopic (exact) mass is 338 g/mol. The van der Waals surface area contributed by atoms with Crippen molar-refractivity contribution < 1.29 is 13.2 Å². The number of rotatable bonds is 1. The molecule has 0 spiro atoms. The smallest absolute Gasteiger partial charge is 0.299 e. The summed E-state index contributed by atoms with van der Waals surface area (Å²) < 4.78 is 39.6. The van der Waals surface area contributed by atoms with Gasteiger partial charge in [0.15, 0.2) is 5.82 Å². The van der Waals surface area contributed by atoms with Gasteiger partial charge in [-0.25, -0.2) is 9.67 Å². The second-order valence-electron chi connectivity index (χ2n) is 4.83. The molecule has 116 valence electrons. The van der Waals surface area contributed by atoms with E-state index < -0.39 is 11.7 Å². The van der Waals surface area contributed by atoms with Crippen molar-refractivity contribution in [2.75, 3.05) is 0 Å². The summed E-state index contributed by atoms with van der Waals surface area (Å²) in [7, 11) is 0. The van der Waals surface area contributed by atoms with Crippen molar-refractivity contribution in [3.63, 3.8) is 0 Å². The number of hydrogen-bond acceptors (Lipinski definition) is 4. The Bertz CT molecular complexity index is 1040. The molecule has 1 aromatic carbocycles. The Kier molecular flexibility index (Phi) is 2.82. The summed E-state index contributed by atoms with van der Waals surface area (Å²) in [6.45, 7) is 0. The molecular formula is C13H6ClF3N6. The zero-order chi connectivity index (χ0) is 16.2. The van der Waals surface area contributed by atoms with Crippen LogP contribution in [-0.2, 0) is 6.18 Å². The van der Waals surface area contributed by atoms with Crippen LogP contribution in [0.4, 0.5) is 13.2 Å². The maximum absolute atomic E-state index is 12.7. The van der Waals surface area contributed by atoms with Crippen molar-refractivity contribution in [1.29, 1.82) is 0 Å².